The van der Waals surface area contributed by atoms with Crippen LogP contribution < -0.4 is 0 Å². The van der Waals surface area contributed by atoms with Crippen molar-refractivity contribution in [1.29, 1.82) is 0 Å². The van der Waals surface area contributed by atoms with E-state index in [1.807, 2.05) is 23.0 Å². The second kappa shape index (κ2) is 4.41. The highest BCUT2D eigenvalue weighted by Crippen LogP contribution is 2.16. The van der Waals surface area contributed by atoms with Crippen molar-refractivity contribution in [3.8, 4) is 16.9 Å². The van der Waals surface area contributed by atoms with Crippen LogP contribution in [0.25, 0.3) is 16.9 Å². The van der Waals surface area contributed by atoms with Gasteiger partial charge in [0.2, 0.25) is 0 Å². The van der Waals surface area contributed by atoms with Gasteiger partial charge in [-0.05, 0) is 19.1 Å². The van der Waals surface area contributed by atoms with Crippen molar-refractivity contribution in [2.75, 3.05) is 0 Å². The first-order chi connectivity index (χ1) is 8.83. The number of aryl methyl sites for hydroxylation is 1. The highest BCUT2D eigenvalue weighted by molar-refractivity contribution is 5.56. The minimum absolute atomic E-state index is 0.830. The number of aromatic nitrogens is 4. The maximum atomic E-state index is 4.34. The van der Waals surface area contributed by atoms with Crippen LogP contribution in [0.4, 0.5) is 0 Å². The molecule has 2 aromatic heterocycles. The van der Waals surface area contributed by atoms with E-state index in [1.54, 1.807) is 24.8 Å². The molecule has 0 fully saturated rings. The van der Waals surface area contributed by atoms with Crippen molar-refractivity contribution in [3.05, 3.63) is 60.8 Å². The number of benzene rings is 1. The highest BCUT2D eigenvalue weighted by Gasteiger charge is 2.04. The van der Waals surface area contributed by atoms with E-state index in [9.17, 15) is 0 Å². The van der Waals surface area contributed by atoms with E-state index in [0.29, 0.717) is 0 Å². The van der Waals surface area contributed by atoms with Gasteiger partial charge in [0.25, 0.3) is 0 Å². The van der Waals surface area contributed by atoms with E-state index < -0.39 is 0 Å². The maximum absolute atomic E-state index is 4.34. The molecule has 4 nitrogen and oxygen atoms in total. The summed E-state index contributed by atoms with van der Waals surface area (Å²) in [5.74, 6) is 0. The maximum Gasteiger partial charge on any atom is 0.0916 e. The smallest absolute Gasteiger partial charge is 0.0916 e. The van der Waals surface area contributed by atoms with Crippen LogP contribution in [0.15, 0.2) is 55.2 Å². The molecule has 0 atom stereocenters. The van der Waals surface area contributed by atoms with Gasteiger partial charge in [0.15, 0.2) is 0 Å². The Morgan fingerprint density at radius 3 is 2.56 bits per heavy atom. The summed E-state index contributed by atoms with van der Waals surface area (Å²) in [6.45, 7) is 2.07. The summed E-state index contributed by atoms with van der Waals surface area (Å²) in [7, 11) is 0. The monoisotopic (exact) mass is 236 g/mol. The largest absolute Gasteiger partial charge is 0.261 e. The van der Waals surface area contributed by atoms with Gasteiger partial charge in [0.1, 0.15) is 0 Å². The van der Waals surface area contributed by atoms with Crippen LogP contribution in [-0.2, 0) is 0 Å². The van der Waals surface area contributed by atoms with E-state index in [2.05, 4.69) is 34.1 Å². The van der Waals surface area contributed by atoms with E-state index in [1.165, 1.54) is 5.56 Å². The van der Waals surface area contributed by atoms with Crippen LogP contribution in [-0.4, -0.2) is 19.7 Å². The molecule has 0 radical (unpaired) electrons. The third-order valence-corrected chi connectivity index (χ3v) is 2.74. The first kappa shape index (κ1) is 10.7. The molecule has 0 aliphatic rings. The normalized spacial score (nSPS) is 10.5. The van der Waals surface area contributed by atoms with Crippen molar-refractivity contribution in [2.45, 2.75) is 6.92 Å². The Kier molecular flexibility index (Phi) is 2.61. The fraction of sp³-hybridized carbons (Fsp3) is 0.0714. The molecule has 0 unspecified atom stereocenters. The van der Waals surface area contributed by atoms with Crippen molar-refractivity contribution in [2.24, 2.45) is 0 Å². The lowest BCUT2D eigenvalue weighted by Gasteiger charge is -2.00. The fourth-order valence-electron chi connectivity index (χ4n) is 1.74. The molecule has 1 aromatic carbocycles. The van der Waals surface area contributed by atoms with Crippen molar-refractivity contribution in [3.63, 3.8) is 0 Å². The summed E-state index contributed by atoms with van der Waals surface area (Å²) in [6, 6.07) is 8.23. The first-order valence-corrected chi connectivity index (χ1v) is 5.71. The van der Waals surface area contributed by atoms with Gasteiger partial charge in [-0.25, -0.2) is 4.68 Å². The van der Waals surface area contributed by atoms with Crippen LogP contribution in [0.5, 0.6) is 0 Å². The molecule has 88 valence electrons. The molecule has 18 heavy (non-hydrogen) atoms. The van der Waals surface area contributed by atoms with Gasteiger partial charge in [-0.1, -0.05) is 17.7 Å². The zero-order chi connectivity index (χ0) is 12.4. The van der Waals surface area contributed by atoms with E-state index in [-0.39, 0.29) is 0 Å². The van der Waals surface area contributed by atoms with Crippen LogP contribution in [0.2, 0.25) is 0 Å². The van der Waals surface area contributed by atoms with Gasteiger partial charge in [0, 0.05) is 24.2 Å². The highest BCUT2D eigenvalue weighted by atomic mass is 15.3. The zero-order valence-corrected chi connectivity index (χ0v) is 9.99. The van der Waals surface area contributed by atoms with Crippen molar-refractivity contribution in [1.82, 2.24) is 19.7 Å². The molecule has 0 aliphatic carbocycles. The van der Waals surface area contributed by atoms with Crippen molar-refractivity contribution >= 4 is 0 Å². The summed E-state index contributed by atoms with van der Waals surface area (Å²) in [5.41, 5.74) is 4.07. The molecular formula is C14H12N4. The Hall–Kier alpha value is -2.49. The number of rotatable bonds is 2. The standard InChI is InChI=1S/C14H12N4/c1-11-2-4-13(5-3-11)18-10-12(8-17-18)14-9-15-6-7-16-14/h2-10H,1H3. The topological polar surface area (TPSA) is 43.6 Å². The second-order valence-electron chi connectivity index (χ2n) is 4.10. The van der Waals surface area contributed by atoms with Crippen LogP contribution in [0.3, 0.4) is 0 Å². The quantitative estimate of drug-likeness (QED) is 0.687. The van der Waals surface area contributed by atoms with Gasteiger partial charge in [0.05, 0.1) is 23.8 Å². The van der Waals surface area contributed by atoms with Crippen LogP contribution in [0.1, 0.15) is 5.56 Å². The van der Waals surface area contributed by atoms with Gasteiger partial charge >= 0.3 is 0 Å². The molecule has 0 aliphatic heterocycles. The molecule has 3 aromatic rings. The molecular weight excluding hydrogens is 224 g/mol. The van der Waals surface area contributed by atoms with Gasteiger partial charge in [-0.15, -0.1) is 0 Å². The molecule has 0 amide bonds. The minimum Gasteiger partial charge on any atom is -0.261 e. The predicted molar refractivity (Wildman–Crippen MR) is 69.3 cm³/mol. The van der Waals surface area contributed by atoms with Crippen LogP contribution in [0, 0.1) is 6.92 Å². The van der Waals surface area contributed by atoms with E-state index >= 15 is 0 Å². The second-order valence-corrected chi connectivity index (χ2v) is 4.10. The number of nitrogens with zero attached hydrogens (tertiary/aromatic N) is 4. The summed E-state index contributed by atoms with van der Waals surface area (Å²) in [5, 5.41) is 4.34. The summed E-state index contributed by atoms with van der Waals surface area (Å²) < 4.78 is 1.84. The minimum atomic E-state index is 0.830. The van der Waals surface area contributed by atoms with Gasteiger partial charge in [-0.2, -0.15) is 5.10 Å². The lowest BCUT2D eigenvalue weighted by molar-refractivity contribution is 0.880. The van der Waals surface area contributed by atoms with Gasteiger partial charge < -0.3 is 0 Å². The third-order valence-electron chi connectivity index (χ3n) is 2.74. The average molecular weight is 236 g/mol. The van der Waals surface area contributed by atoms with E-state index in [0.717, 1.165) is 16.9 Å². The summed E-state index contributed by atoms with van der Waals surface area (Å²) >= 11 is 0. The Bertz CT molecular complexity index is 641. The molecule has 0 N–H and O–H groups in total. The first-order valence-electron chi connectivity index (χ1n) is 5.71. The van der Waals surface area contributed by atoms with E-state index in [4.69, 9.17) is 0 Å². The average Bonchev–Trinajstić information content (AvgIpc) is 2.90. The molecule has 0 saturated heterocycles. The molecule has 0 saturated carbocycles. The van der Waals surface area contributed by atoms with Crippen molar-refractivity contribution < 1.29 is 0 Å². The lowest BCUT2D eigenvalue weighted by atomic mass is 10.2. The molecule has 3 rings (SSSR count). The Balaban J connectivity index is 1.97. The third kappa shape index (κ3) is 2.00. The summed E-state index contributed by atoms with van der Waals surface area (Å²) in [4.78, 5) is 8.31. The Morgan fingerprint density at radius 2 is 1.83 bits per heavy atom. The lowest BCUT2D eigenvalue weighted by Crippen LogP contribution is -1.93. The number of hydrogen-bond acceptors (Lipinski definition) is 3. The molecule has 0 bridgehead atoms. The Morgan fingerprint density at radius 1 is 1.00 bits per heavy atom. The SMILES string of the molecule is Cc1ccc(-n2cc(-c3cnccn3)cn2)cc1. The molecule has 2 heterocycles. The van der Waals surface area contributed by atoms with Gasteiger partial charge in [-0.3, -0.25) is 9.97 Å². The van der Waals surface area contributed by atoms with Crippen LogP contribution >= 0.6 is 0 Å². The molecule has 4 heteroatoms. The zero-order valence-electron chi connectivity index (χ0n) is 9.99. The molecule has 0 spiro atoms. The Labute approximate surface area is 105 Å². The number of hydrogen-bond donors (Lipinski definition) is 0. The predicted octanol–water partition coefficient (Wildman–Crippen LogP) is 2.64. The fourth-order valence-corrected chi connectivity index (χ4v) is 1.74. The summed E-state index contributed by atoms with van der Waals surface area (Å²) in [6.07, 6.45) is 8.82.